The van der Waals surface area contributed by atoms with Gasteiger partial charge in [-0.05, 0) is 36.4 Å². The Bertz CT molecular complexity index is 777. The van der Waals surface area contributed by atoms with E-state index in [9.17, 15) is 9.59 Å². The number of ether oxygens (including phenoxy) is 2. The van der Waals surface area contributed by atoms with E-state index in [1.54, 1.807) is 23.1 Å². The number of anilines is 2. The van der Waals surface area contributed by atoms with Gasteiger partial charge in [-0.15, -0.1) is 0 Å². The fourth-order valence-electron chi connectivity index (χ4n) is 3.11. The third-order valence-electron chi connectivity index (χ3n) is 4.61. The summed E-state index contributed by atoms with van der Waals surface area (Å²) in [5, 5.41) is 2.88. The number of methoxy groups -OCH3 is 2. The van der Waals surface area contributed by atoms with Gasteiger partial charge >= 0.3 is 0 Å². The molecule has 1 aliphatic rings. The summed E-state index contributed by atoms with van der Waals surface area (Å²) < 4.78 is 10.6. The van der Waals surface area contributed by atoms with Crippen LogP contribution in [-0.4, -0.2) is 57.6 Å². The van der Waals surface area contributed by atoms with Gasteiger partial charge in [-0.1, -0.05) is 6.07 Å². The van der Waals surface area contributed by atoms with Crippen molar-refractivity contribution < 1.29 is 19.1 Å². The molecule has 1 heterocycles. The number of rotatable bonds is 6. The van der Waals surface area contributed by atoms with Crippen LogP contribution < -0.4 is 19.7 Å². The van der Waals surface area contributed by atoms with Crippen LogP contribution in [0.25, 0.3) is 0 Å². The first kappa shape index (κ1) is 18.6. The highest BCUT2D eigenvalue weighted by Gasteiger charge is 2.19. The second-order valence-corrected chi connectivity index (χ2v) is 6.17. The van der Waals surface area contributed by atoms with E-state index in [0.29, 0.717) is 22.7 Å². The molecule has 3 rings (SSSR count). The van der Waals surface area contributed by atoms with Crippen molar-refractivity contribution in [3.8, 4) is 11.5 Å². The molecule has 0 aliphatic carbocycles. The molecule has 2 aromatic rings. The Morgan fingerprint density at radius 2 is 1.56 bits per heavy atom. The Morgan fingerprint density at radius 1 is 0.963 bits per heavy atom. The van der Waals surface area contributed by atoms with Gasteiger partial charge in [0.25, 0.3) is 5.91 Å². The molecule has 1 fully saturated rings. The fourth-order valence-corrected chi connectivity index (χ4v) is 3.11. The molecule has 0 radical (unpaired) electrons. The van der Waals surface area contributed by atoms with E-state index in [4.69, 9.17) is 9.47 Å². The topological polar surface area (TPSA) is 71.1 Å². The molecule has 2 amide bonds. The second kappa shape index (κ2) is 8.44. The lowest BCUT2D eigenvalue weighted by atomic mass is 10.1. The van der Waals surface area contributed by atoms with Gasteiger partial charge in [0.05, 0.1) is 14.2 Å². The van der Waals surface area contributed by atoms with Gasteiger partial charge in [-0.25, -0.2) is 0 Å². The number of piperazine rings is 1. The Balaban J connectivity index is 1.70. The molecule has 7 heteroatoms. The summed E-state index contributed by atoms with van der Waals surface area (Å²) in [6.45, 7) is 3.02. The summed E-state index contributed by atoms with van der Waals surface area (Å²) in [5.41, 5.74) is 2.10. The van der Waals surface area contributed by atoms with Crippen molar-refractivity contribution in [2.45, 2.75) is 0 Å². The van der Waals surface area contributed by atoms with Gasteiger partial charge in [0.15, 0.2) is 0 Å². The summed E-state index contributed by atoms with van der Waals surface area (Å²) in [6.07, 6.45) is 0.891. The van der Waals surface area contributed by atoms with E-state index in [0.717, 1.165) is 38.3 Å². The van der Waals surface area contributed by atoms with Crippen LogP contribution in [0.5, 0.6) is 11.5 Å². The maximum absolute atomic E-state index is 12.7. The first-order valence-corrected chi connectivity index (χ1v) is 8.73. The number of hydrogen-bond donors (Lipinski definition) is 1. The van der Waals surface area contributed by atoms with E-state index in [1.807, 2.05) is 24.3 Å². The highest BCUT2D eigenvalue weighted by molar-refractivity contribution is 6.08. The third kappa shape index (κ3) is 4.13. The standard InChI is InChI=1S/C20H23N3O4/c1-26-17-4-3-5-18(27-2)19(17)20(25)21-15-6-8-16(9-7-15)23-12-10-22(14-24)11-13-23/h3-9,14H,10-13H2,1-2H3,(H,21,25). The average molecular weight is 369 g/mol. The zero-order valence-corrected chi connectivity index (χ0v) is 15.5. The number of hydrogen-bond acceptors (Lipinski definition) is 5. The molecule has 1 N–H and O–H groups in total. The second-order valence-electron chi connectivity index (χ2n) is 6.17. The highest BCUT2D eigenvalue weighted by atomic mass is 16.5. The number of benzene rings is 2. The molecule has 142 valence electrons. The van der Waals surface area contributed by atoms with Crippen molar-refractivity contribution in [3.63, 3.8) is 0 Å². The van der Waals surface area contributed by atoms with E-state index in [2.05, 4.69) is 10.2 Å². The zero-order valence-electron chi connectivity index (χ0n) is 15.5. The third-order valence-corrected chi connectivity index (χ3v) is 4.61. The molecule has 0 saturated carbocycles. The van der Waals surface area contributed by atoms with Crippen molar-refractivity contribution in [1.82, 2.24) is 4.90 Å². The molecule has 0 bridgehead atoms. The van der Waals surface area contributed by atoms with Gasteiger partial charge < -0.3 is 24.6 Å². The van der Waals surface area contributed by atoms with Crippen LogP contribution in [0.15, 0.2) is 42.5 Å². The molecular formula is C20H23N3O4. The average Bonchev–Trinajstić information content (AvgIpc) is 2.73. The number of carbonyl (C=O) groups is 2. The van der Waals surface area contributed by atoms with Gasteiger partial charge in [0, 0.05) is 37.6 Å². The van der Waals surface area contributed by atoms with Gasteiger partial charge in [0.2, 0.25) is 6.41 Å². The molecule has 1 aliphatic heterocycles. The first-order valence-electron chi connectivity index (χ1n) is 8.73. The van der Waals surface area contributed by atoms with Crippen LogP contribution >= 0.6 is 0 Å². The van der Waals surface area contributed by atoms with Crippen molar-refractivity contribution in [1.29, 1.82) is 0 Å². The molecule has 7 nitrogen and oxygen atoms in total. The van der Waals surface area contributed by atoms with E-state index >= 15 is 0 Å². The van der Waals surface area contributed by atoms with Crippen LogP contribution in [0.1, 0.15) is 10.4 Å². The van der Waals surface area contributed by atoms with Crippen molar-refractivity contribution in [3.05, 3.63) is 48.0 Å². The van der Waals surface area contributed by atoms with Crippen LogP contribution in [0, 0.1) is 0 Å². The Kier molecular flexibility index (Phi) is 5.80. The van der Waals surface area contributed by atoms with E-state index in [-0.39, 0.29) is 5.91 Å². The monoisotopic (exact) mass is 369 g/mol. The summed E-state index contributed by atoms with van der Waals surface area (Å²) >= 11 is 0. The fraction of sp³-hybridized carbons (Fsp3) is 0.300. The minimum atomic E-state index is -0.295. The first-order chi connectivity index (χ1) is 13.2. The molecule has 0 unspecified atom stereocenters. The van der Waals surface area contributed by atoms with Crippen LogP contribution in [0.2, 0.25) is 0 Å². The number of nitrogens with one attached hydrogen (secondary N) is 1. The smallest absolute Gasteiger partial charge is 0.263 e. The quantitative estimate of drug-likeness (QED) is 0.791. The van der Waals surface area contributed by atoms with Crippen molar-refractivity contribution in [2.75, 3.05) is 50.6 Å². The van der Waals surface area contributed by atoms with E-state index < -0.39 is 0 Å². The largest absolute Gasteiger partial charge is 0.496 e. The van der Waals surface area contributed by atoms with E-state index in [1.165, 1.54) is 14.2 Å². The molecular weight excluding hydrogens is 346 g/mol. The van der Waals surface area contributed by atoms with Crippen LogP contribution in [0.3, 0.4) is 0 Å². The SMILES string of the molecule is COc1cccc(OC)c1C(=O)Nc1ccc(N2CCN(C=O)CC2)cc1. The predicted octanol–water partition coefficient (Wildman–Crippen LogP) is 2.23. The van der Waals surface area contributed by atoms with Crippen LogP contribution in [0.4, 0.5) is 11.4 Å². The summed E-state index contributed by atoms with van der Waals surface area (Å²) in [4.78, 5) is 27.5. The predicted molar refractivity (Wildman–Crippen MR) is 104 cm³/mol. The molecule has 0 spiro atoms. The van der Waals surface area contributed by atoms with Gasteiger partial charge in [-0.2, -0.15) is 0 Å². The van der Waals surface area contributed by atoms with Crippen molar-refractivity contribution >= 4 is 23.7 Å². The molecule has 0 atom stereocenters. The normalized spacial score (nSPS) is 13.9. The maximum Gasteiger partial charge on any atom is 0.263 e. The Hall–Kier alpha value is -3.22. The van der Waals surface area contributed by atoms with Crippen molar-refractivity contribution in [2.24, 2.45) is 0 Å². The molecule has 1 saturated heterocycles. The number of amides is 2. The maximum atomic E-state index is 12.7. The minimum absolute atomic E-state index is 0.295. The van der Waals surface area contributed by atoms with Gasteiger partial charge in [0.1, 0.15) is 17.1 Å². The Morgan fingerprint density at radius 3 is 2.07 bits per heavy atom. The number of carbonyl (C=O) groups excluding carboxylic acids is 2. The molecule has 2 aromatic carbocycles. The molecule has 27 heavy (non-hydrogen) atoms. The van der Waals surface area contributed by atoms with Crippen LogP contribution in [-0.2, 0) is 4.79 Å². The lowest BCUT2D eigenvalue weighted by molar-refractivity contribution is -0.118. The number of nitrogens with zero attached hydrogens (tertiary/aromatic N) is 2. The minimum Gasteiger partial charge on any atom is -0.496 e. The zero-order chi connectivity index (χ0) is 19.2. The lowest BCUT2D eigenvalue weighted by Gasteiger charge is -2.34. The Labute approximate surface area is 158 Å². The summed E-state index contributed by atoms with van der Waals surface area (Å²) in [5.74, 6) is 0.615. The van der Waals surface area contributed by atoms with Gasteiger partial charge in [-0.3, -0.25) is 9.59 Å². The molecule has 0 aromatic heterocycles. The highest BCUT2D eigenvalue weighted by Crippen LogP contribution is 2.29. The summed E-state index contributed by atoms with van der Waals surface area (Å²) in [7, 11) is 3.04. The summed E-state index contributed by atoms with van der Waals surface area (Å²) in [6, 6.07) is 12.9. The lowest BCUT2D eigenvalue weighted by Crippen LogP contribution is -2.45.